The number of benzene rings is 3. The summed E-state index contributed by atoms with van der Waals surface area (Å²) >= 11 is 7.02. The number of hydrogen-bond donors (Lipinski definition) is 1. The minimum Gasteiger partial charge on any atom is -0.508 e. The van der Waals surface area contributed by atoms with Gasteiger partial charge in [0.1, 0.15) is 17.2 Å². The molecule has 0 heterocycles. The summed E-state index contributed by atoms with van der Waals surface area (Å²) in [4.78, 5) is 0. The monoisotopic (exact) mass is 514 g/mol. The fourth-order valence-corrected chi connectivity index (χ4v) is 4.44. The Morgan fingerprint density at radius 2 is 1.62 bits per heavy atom. The van der Waals surface area contributed by atoms with E-state index in [2.05, 4.69) is 57.0 Å². The highest BCUT2D eigenvalue weighted by molar-refractivity contribution is 9.28. The molecular formula is C25H24Br2O2. The largest absolute Gasteiger partial charge is 0.508 e. The molecule has 0 bridgehead atoms. The zero-order valence-electron chi connectivity index (χ0n) is 16.3. The van der Waals surface area contributed by atoms with E-state index in [1.807, 2.05) is 54.6 Å². The van der Waals surface area contributed by atoms with E-state index in [4.69, 9.17) is 4.74 Å². The van der Waals surface area contributed by atoms with Gasteiger partial charge in [0.05, 0.1) is 3.39 Å². The van der Waals surface area contributed by atoms with Crippen molar-refractivity contribution in [3.8, 4) is 17.2 Å². The highest BCUT2D eigenvalue weighted by Crippen LogP contribution is 2.35. The first-order valence-electron chi connectivity index (χ1n) is 9.60. The Labute approximate surface area is 189 Å². The van der Waals surface area contributed by atoms with E-state index in [1.165, 1.54) is 11.1 Å². The van der Waals surface area contributed by atoms with Crippen molar-refractivity contribution in [3.63, 3.8) is 0 Å². The van der Waals surface area contributed by atoms with Crippen LogP contribution in [-0.4, -0.2) is 5.11 Å². The van der Waals surface area contributed by atoms with Crippen molar-refractivity contribution in [2.45, 2.75) is 31.6 Å². The SMILES string of the molecule is CC(C=C(Br)Br)(CCCc1cccc(Oc2ccccc2)c1)c1ccc(O)cc1. The van der Waals surface area contributed by atoms with Crippen LogP contribution in [0.3, 0.4) is 0 Å². The maximum atomic E-state index is 9.61. The lowest BCUT2D eigenvalue weighted by Crippen LogP contribution is -2.19. The zero-order chi connectivity index (χ0) is 20.7. The number of ether oxygens (including phenoxy) is 1. The number of halogens is 2. The molecule has 3 rings (SSSR count). The van der Waals surface area contributed by atoms with Gasteiger partial charge in [0.2, 0.25) is 0 Å². The minimum atomic E-state index is -0.145. The van der Waals surface area contributed by atoms with Gasteiger partial charge in [0.15, 0.2) is 0 Å². The molecule has 0 aliphatic carbocycles. The Morgan fingerprint density at radius 1 is 0.931 bits per heavy atom. The summed E-state index contributed by atoms with van der Waals surface area (Å²) in [6, 6.07) is 25.6. The Morgan fingerprint density at radius 3 is 2.31 bits per heavy atom. The minimum absolute atomic E-state index is 0.145. The van der Waals surface area contributed by atoms with E-state index in [9.17, 15) is 5.11 Å². The summed E-state index contributed by atoms with van der Waals surface area (Å²) in [6.45, 7) is 2.22. The third kappa shape index (κ3) is 6.48. The molecule has 0 saturated carbocycles. The summed E-state index contributed by atoms with van der Waals surface area (Å²) in [7, 11) is 0. The van der Waals surface area contributed by atoms with Gasteiger partial charge in [0.25, 0.3) is 0 Å². The van der Waals surface area contributed by atoms with Crippen LogP contribution >= 0.6 is 31.9 Å². The number of para-hydroxylation sites is 1. The summed E-state index contributed by atoms with van der Waals surface area (Å²) in [5, 5.41) is 9.61. The van der Waals surface area contributed by atoms with Crippen LogP contribution in [0.15, 0.2) is 88.3 Å². The molecule has 3 aromatic rings. The molecule has 0 saturated heterocycles. The number of aromatic hydroxyl groups is 1. The molecule has 0 aliphatic rings. The molecule has 29 heavy (non-hydrogen) atoms. The Bertz CT molecular complexity index is 948. The predicted octanol–water partition coefficient (Wildman–Crippen LogP) is 8.10. The number of aryl methyl sites for hydroxylation is 1. The van der Waals surface area contributed by atoms with Gasteiger partial charge in [-0.05, 0) is 98.6 Å². The van der Waals surface area contributed by atoms with Crippen molar-refractivity contribution in [2.24, 2.45) is 0 Å². The van der Waals surface area contributed by atoms with Gasteiger partial charge in [-0.3, -0.25) is 0 Å². The van der Waals surface area contributed by atoms with Crippen LogP contribution in [0.5, 0.6) is 17.2 Å². The second kappa shape index (κ2) is 10.1. The van der Waals surface area contributed by atoms with Crippen LogP contribution in [0.2, 0.25) is 0 Å². The molecule has 3 aromatic carbocycles. The Balaban J connectivity index is 1.67. The quantitative estimate of drug-likeness (QED) is 0.328. The molecule has 0 radical (unpaired) electrons. The second-order valence-corrected chi connectivity index (χ2v) is 10.1. The fourth-order valence-electron chi connectivity index (χ4n) is 3.43. The van der Waals surface area contributed by atoms with Crippen molar-refractivity contribution in [3.05, 3.63) is 99.5 Å². The number of phenols is 1. The lowest BCUT2D eigenvalue weighted by molar-refractivity contribution is 0.472. The number of phenolic OH excluding ortho intramolecular Hbond substituents is 1. The molecule has 1 N–H and O–H groups in total. The smallest absolute Gasteiger partial charge is 0.127 e. The predicted molar refractivity (Wildman–Crippen MR) is 127 cm³/mol. The lowest BCUT2D eigenvalue weighted by Gasteiger charge is -2.27. The molecule has 150 valence electrons. The molecule has 4 heteroatoms. The highest BCUT2D eigenvalue weighted by atomic mass is 79.9. The van der Waals surface area contributed by atoms with E-state index in [0.29, 0.717) is 0 Å². The number of hydrogen-bond acceptors (Lipinski definition) is 2. The van der Waals surface area contributed by atoms with E-state index in [1.54, 1.807) is 12.1 Å². The highest BCUT2D eigenvalue weighted by Gasteiger charge is 2.24. The first-order valence-corrected chi connectivity index (χ1v) is 11.2. The van der Waals surface area contributed by atoms with Gasteiger partial charge in [-0.2, -0.15) is 0 Å². The van der Waals surface area contributed by atoms with Gasteiger partial charge >= 0.3 is 0 Å². The van der Waals surface area contributed by atoms with Crippen LogP contribution in [0.25, 0.3) is 0 Å². The molecule has 1 atom stereocenters. The third-order valence-corrected chi connectivity index (χ3v) is 5.45. The summed E-state index contributed by atoms with van der Waals surface area (Å²) < 4.78 is 6.88. The van der Waals surface area contributed by atoms with Gasteiger partial charge in [-0.25, -0.2) is 0 Å². The second-order valence-electron chi connectivity index (χ2n) is 7.31. The lowest BCUT2D eigenvalue weighted by atomic mass is 9.78. The molecule has 0 fully saturated rings. The van der Waals surface area contributed by atoms with Crippen molar-refractivity contribution >= 4 is 31.9 Å². The standard InChI is InChI=1S/C25H24Br2O2/c1-25(18-24(26)27,20-12-14-21(28)15-13-20)16-6-8-19-7-5-11-23(17-19)29-22-9-3-2-4-10-22/h2-5,7,9-15,17-18,28H,6,8,16H2,1H3. The average molecular weight is 516 g/mol. The molecular weight excluding hydrogens is 492 g/mol. The normalized spacial score (nSPS) is 12.8. The van der Waals surface area contributed by atoms with Crippen molar-refractivity contribution in [2.75, 3.05) is 0 Å². The summed E-state index contributed by atoms with van der Waals surface area (Å²) in [5.74, 6) is 1.99. The van der Waals surface area contributed by atoms with Gasteiger partial charge in [-0.1, -0.05) is 55.5 Å². The molecule has 0 spiro atoms. The first-order chi connectivity index (χ1) is 13.9. The number of allylic oxidation sites excluding steroid dienone is 1. The Kier molecular flexibility index (Phi) is 7.57. The maximum Gasteiger partial charge on any atom is 0.127 e. The van der Waals surface area contributed by atoms with Crippen LogP contribution in [0, 0.1) is 0 Å². The van der Waals surface area contributed by atoms with Crippen molar-refractivity contribution in [1.82, 2.24) is 0 Å². The van der Waals surface area contributed by atoms with Crippen LogP contribution < -0.4 is 4.74 Å². The summed E-state index contributed by atoms with van der Waals surface area (Å²) in [5.41, 5.74) is 2.29. The van der Waals surface area contributed by atoms with Crippen molar-refractivity contribution in [1.29, 1.82) is 0 Å². The average Bonchev–Trinajstić information content (AvgIpc) is 2.69. The summed E-state index contributed by atoms with van der Waals surface area (Å²) in [6.07, 6.45) is 5.14. The first kappa shape index (κ1) is 21.7. The fraction of sp³-hybridized carbons (Fsp3) is 0.200. The molecule has 2 nitrogen and oxygen atoms in total. The van der Waals surface area contributed by atoms with E-state index >= 15 is 0 Å². The van der Waals surface area contributed by atoms with Gasteiger partial charge in [-0.15, -0.1) is 0 Å². The maximum absolute atomic E-state index is 9.61. The van der Waals surface area contributed by atoms with E-state index < -0.39 is 0 Å². The van der Waals surface area contributed by atoms with Crippen LogP contribution in [0.1, 0.15) is 30.9 Å². The van der Waals surface area contributed by atoms with Gasteiger partial charge in [0, 0.05) is 5.41 Å². The molecule has 0 aromatic heterocycles. The van der Waals surface area contributed by atoms with E-state index in [0.717, 1.165) is 34.2 Å². The van der Waals surface area contributed by atoms with Gasteiger partial charge < -0.3 is 9.84 Å². The van der Waals surface area contributed by atoms with Crippen LogP contribution in [0.4, 0.5) is 0 Å². The Hall–Kier alpha value is -2.04. The molecule has 0 aliphatic heterocycles. The van der Waals surface area contributed by atoms with Crippen LogP contribution in [-0.2, 0) is 11.8 Å². The third-order valence-electron chi connectivity index (χ3n) is 4.99. The molecule has 1 unspecified atom stereocenters. The van der Waals surface area contributed by atoms with Crippen molar-refractivity contribution < 1.29 is 9.84 Å². The van der Waals surface area contributed by atoms with E-state index in [-0.39, 0.29) is 11.2 Å². The topological polar surface area (TPSA) is 29.5 Å². The molecule has 0 amide bonds. The zero-order valence-corrected chi connectivity index (χ0v) is 19.5. The number of rotatable bonds is 8.